The summed E-state index contributed by atoms with van der Waals surface area (Å²) in [6, 6.07) is 8.79. The van der Waals surface area contributed by atoms with Gasteiger partial charge in [-0.2, -0.15) is 4.31 Å². The molecule has 1 aromatic carbocycles. The van der Waals surface area contributed by atoms with Crippen LogP contribution < -0.4 is 10.1 Å². The van der Waals surface area contributed by atoms with E-state index in [9.17, 15) is 23.3 Å². The Labute approximate surface area is 174 Å². The number of anilines is 1. The number of rotatable bonds is 7. The molecule has 0 bridgehead atoms. The number of carbonyl (C=O) groups is 1. The second kappa shape index (κ2) is 8.76. The van der Waals surface area contributed by atoms with Gasteiger partial charge < -0.3 is 20.2 Å². The molecular weight excluding hydrogens is 412 g/mol. The number of nitro groups is 1. The number of hydrogen-bond donors (Lipinski definition) is 1. The predicted molar refractivity (Wildman–Crippen MR) is 109 cm³/mol. The quantitative estimate of drug-likeness (QED) is 0.523. The molecule has 11 heteroatoms. The first-order chi connectivity index (χ1) is 14.2. The second-order valence-electron chi connectivity index (χ2n) is 6.92. The van der Waals surface area contributed by atoms with Gasteiger partial charge in [-0.15, -0.1) is 0 Å². The number of benzene rings is 1. The van der Waals surface area contributed by atoms with Crippen LogP contribution in [0.3, 0.4) is 0 Å². The molecule has 160 valence electrons. The van der Waals surface area contributed by atoms with Crippen LogP contribution in [0.25, 0.3) is 0 Å². The molecule has 0 saturated carbocycles. The lowest BCUT2D eigenvalue weighted by atomic mass is 10.3. The van der Waals surface area contributed by atoms with Crippen LogP contribution in [-0.4, -0.2) is 47.7 Å². The Morgan fingerprint density at radius 2 is 1.83 bits per heavy atom. The van der Waals surface area contributed by atoms with Crippen molar-refractivity contribution in [3.8, 4) is 5.75 Å². The highest BCUT2D eigenvalue weighted by atomic mass is 32.2. The molecule has 0 aliphatic carbocycles. The first-order valence-corrected chi connectivity index (χ1v) is 10.8. The van der Waals surface area contributed by atoms with Gasteiger partial charge in [-0.1, -0.05) is 0 Å². The third kappa shape index (κ3) is 4.74. The van der Waals surface area contributed by atoms with Crippen molar-refractivity contribution in [2.75, 3.05) is 18.4 Å². The minimum Gasteiger partial charge on any atom is -0.473 e. The van der Waals surface area contributed by atoms with Gasteiger partial charge in [0.05, 0.1) is 4.90 Å². The van der Waals surface area contributed by atoms with E-state index >= 15 is 0 Å². The number of hydrogen-bond acceptors (Lipinski definition) is 7. The summed E-state index contributed by atoms with van der Waals surface area (Å²) in [5, 5.41) is 13.7. The van der Waals surface area contributed by atoms with Crippen molar-refractivity contribution in [3.63, 3.8) is 0 Å². The Balaban J connectivity index is 1.67. The number of amides is 1. The van der Waals surface area contributed by atoms with Crippen LogP contribution in [0.15, 0.2) is 41.3 Å². The van der Waals surface area contributed by atoms with Crippen LogP contribution in [0.1, 0.15) is 25.5 Å². The van der Waals surface area contributed by atoms with Crippen molar-refractivity contribution in [2.24, 2.45) is 0 Å². The Morgan fingerprint density at radius 3 is 2.43 bits per heavy atom. The summed E-state index contributed by atoms with van der Waals surface area (Å²) in [6.07, 6.45) is 0.654. The topological polar surface area (TPSA) is 132 Å². The lowest BCUT2D eigenvalue weighted by molar-refractivity contribution is -0.390. The maximum absolute atomic E-state index is 12.5. The molecule has 1 aliphatic rings. The summed E-state index contributed by atoms with van der Waals surface area (Å²) in [5.41, 5.74) is 0.836. The largest absolute Gasteiger partial charge is 0.473 e. The number of aryl methyl sites for hydroxylation is 1. The van der Waals surface area contributed by atoms with Crippen LogP contribution in [-0.2, 0) is 14.8 Å². The third-order valence-electron chi connectivity index (χ3n) is 4.65. The second-order valence-corrected chi connectivity index (χ2v) is 8.85. The van der Waals surface area contributed by atoms with Gasteiger partial charge in [0.15, 0.2) is 6.10 Å². The smallest absolute Gasteiger partial charge is 0.406 e. The molecule has 1 fully saturated rings. The Morgan fingerprint density at radius 1 is 1.20 bits per heavy atom. The van der Waals surface area contributed by atoms with Crippen molar-refractivity contribution in [1.82, 2.24) is 9.29 Å². The number of ether oxygens (including phenoxy) is 1. The first kappa shape index (κ1) is 21.7. The minimum absolute atomic E-state index is 0.111. The maximum Gasteiger partial charge on any atom is 0.406 e. The molecule has 10 nitrogen and oxygen atoms in total. The van der Waals surface area contributed by atoms with Gasteiger partial charge in [-0.25, -0.2) is 8.42 Å². The molecule has 1 saturated heterocycles. The van der Waals surface area contributed by atoms with Crippen molar-refractivity contribution in [1.29, 1.82) is 0 Å². The van der Waals surface area contributed by atoms with Crippen LogP contribution in [0.5, 0.6) is 5.75 Å². The average molecular weight is 434 g/mol. The summed E-state index contributed by atoms with van der Waals surface area (Å²) in [4.78, 5) is 26.8. The van der Waals surface area contributed by atoms with E-state index in [2.05, 4.69) is 10.3 Å². The van der Waals surface area contributed by atoms with Crippen molar-refractivity contribution in [2.45, 2.75) is 37.7 Å². The van der Waals surface area contributed by atoms with E-state index in [1.165, 1.54) is 41.6 Å². The van der Waals surface area contributed by atoms with E-state index in [0.717, 1.165) is 12.8 Å². The van der Waals surface area contributed by atoms with Gasteiger partial charge in [0.25, 0.3) is 5.91 Å². The summed E-state index contributed by atoms with van der Waals surface area (Å²) >= 11 is 0. The molecule has 1 unspecified atom stereocenters. The fourth-order valence-corrected chi connectivity index (χ4v) is 4.55. The van der Waals surface area contributed by atoms with Crippen LogP contribution in [0, 0.1) is 17.0 Å². The fourth-order valence-electron chi connectivity index (χ4n) is 3.03. The molecule has 2 heterocycles. The molecule has 0 radical (unpaired) electrons. The Hall–Kier alpha value is -3.05. The number of pyridine rings is 1. The molecule has 3 rings (SSSR count). The zero-order valence-electron chi connectivity index (χ0n) is 16.6. The highest BCUT2D eigenvalue weighted by molar-refractivity contribution is 7.89. The number of nitrogens with zero attached hydrogens (tertiary/aromatic N) is 3. The zero-order chi connectivity index (χ0) is 21.9. The van der Waals surface area contributed by atoms with Crippen LogP contribution in [0.2, 0.25) is 0 Å². The van der Waals surface area contributed by atoms with Crippen molar-refractivity contribution >= 4 is 27.4 Å². The molecule has 0 spiro atoms. The standard InChI is InChI=1S/C19H22N4O6S/c1-13-5-10-17(18(20-13)23(25)26)29-14(2)19(24)21-15-6-8-16(9-7-15)30(27,28)22-11-3-4-12-22/h5-10,14H,3-4,11-12H2,1-2H3,(H,21,24). The van der Waals surface area contributed by atoms with Crippen LogP contribution in [0.4, 0.5) is 11.5 Å². The van der Waals surface area contributed by atoms with E-state index in [0.29, 0.717) is 24.5 Å². The predicted octanol–water partition coefficient (Wildman–Crippen LogP) is 2.49. The van der Waals surface area contributed by atoms with E-state index < -0.39 is 32.8 Å². The lowest BCUT2D eigenvalue weighted by Crippen LogP contribution is -2.30. The SMILES string of the molecule is Cc1ccc(OC(C)C(=O)Nc2ccc(S(=O)(=O)N3CCCC3)cc2)c([N+](=O)[O-])n1. The fraction of sp³-hybridized carbons (Fsp3) is 0.368. The van der Waals surface area contributed by atoms with Gasteiger partial charge >= 0.3 is 5.82 Å². The van der Waals surface area contributed by atoms with E-state index in [4.69, 9.17) is 4.74 Å². The van der Waals surface area contributed by atoms with Gasteiger partial charge in [0.1, 0.15) is 5.69 Å². The minimum atomic E-state index is -3.53. The van der Waals surface area contributed by atoms with E-state index in [-0.39, 0.29) is 10.6 Å². The summed E-state index contributed by atoms with van der Waals surface area (Å²) in [5.74, 6) is -1.12. The molecule has 1 aliphatic heterocycles. The molecule has 1 atom stereocenters. The van der Waals surface area contributed by atoms with Gasteiger partial charge in [-0.05, 0) is 66.1 Å². The number of aromatic nitrogens is 1. The molecule has 1 N–H and O–H groups in total. The molecule has 30 heavy (non-hydrogen) atoms. The molecule has 1 amide bonds. The summed E-state index contributed by atoms with van der Waals surface area (Å²) in [6.45, 7) is 4.08. The average Bonchev–Trinajstić information content (AvgIpc) is 3.25. The number of carbonyl (C=O) groups excluding carboxylic acids is 1. The van der Waals surface area contributed by atoms with Gasteiger partial charge in [0.2, 0.25) is 15.8 Å². The zero-order valence-corrected chi connectivity index (χ0v) is 17.4. The van der Waals surface area contributed by atoms with E-state index in [1.54, 1.807) is 13.0 Å². The molecule has 1 aromatic heterocycles. The lowest BCUT2D eigenvalue weighted by Gasteiger charge is -2.16. The Bertz CT molecular complexity index is 1050. The Kier molecular flexibility index (Phi) is 6.32. The van der Waals surface area contributed by atoms with Gasteiger partial charge in [-0.3, -0.25) is 4.79 Å². The van der Waals surface area contributed by atoms with Gasteiger partial charge in [0, 0.05) is 25.7 Å². The molecular formula is C19H22N4O6S. The number of nitrogens with one attached hydrogen (secondary N) is 1. The highest BCUT2D eigenvalue weighted by Gasteiger charge is 2.27. The first-order valence-electron chi connectivity index (χ1n) is 9.38. The van der Waals surface area contributed by atoms with Crippen LogP contribution >= 0.6 is 0 Å². The van der Waals surface area contributed by atoms with Crippen molar-refractivity contribution < 1.29 is 22.9 Å². The maximum atomic E-state index is 12.5. The molecule has 2 aromatic rings. The van der Waals surface area contributed by atoms with Crippen molar-refractivity contribution in [3.05, 3.63) is 52.2 Å². The van der Waals surface area contributed by atoms with E-state index in [1.807, 2.05) is 0 Å². The summed E-state index contributed by atoms with van der Waals surface area (Å²) < 4.78 is 32.0. The monoisotopic (exact) mass is 434 g/mol. The summed E-state index contributed by atoms with van der Waals surface area (Å²) in [7, 11) is -3.53. The normalized spacial score (nSPS) is 15.5. The highest BCUT2D eigenvalue weighted by Crippen LogP contribution is 2.26. The third-order valence-corrected chi connectivity index (χ3v) is 6.56. The number of sulfonamides is 1.